The second-order valence-electron chi connectivity index (χ2n) is 14.3. The number of sulfone groups is 1. The number of hydrogen-bond acceptors (Lipinski definition) is 7. The number of nitrogens with one attached hydrogen (secondary N) is 4. The first kappa shape index (κ1) is 44.6. The van der Waals surface area contributed by atoms with Crippen LogP contribution in [0.4, 0.5) is 26.3 Å². The van der Waals surface area contributed by atoms with Crippen molar-refractivity contribution in [3.8, 4) is 5.75 Å². The highest BCUT2D eigenvalue weighted by Gasteiger charge is 2.34. The molecule has 0 fully saturated rings. The lowest BCUT2D eigenvalue weighted by atomic mass is 9.94. The van der Waals surface area contributed by atoms with Crippen molar-refractivity contribution in [2.45, 2.75) is 49.8 Å². The van der Waals surface area contributed by atoms with Gasteiger partial charge >= 0.3 is 12.4 Å². The number of carbonyl (C=O) groups excluding carboxylic acids is 2. The van der Waals surface area contributed by atoms with Crippen LogP contribution in [0.15, 0.2) is 130 Å². The van der Waals surface area contributed by atoms with E-state index in [0.29, 0.717) is 51.3 Å². The van der Waals surface area contributed by atoms with Crippen molar-refractivity contribution in [1.82, 2.24) is 20.6 Å². The number of aromatic amines is 2. The monoisotopic (exact) mass is 878 g/mol. The van der Waals surface area contributed by atoms with Crippen molar-refractivity contribution >= 4 is 21.7 Å². The molecule has 4 N–H and O–H groups in total. The number of pyridine rings is 2. The summed E-state index contributed by atoms with van der Waals surface area (Å²) in [6, 6.07) is 24.8. The summed E-state index contributed by atoms with van der Waals surface area (Å²) in [5.74, 6) is -1.77. The Morgan fingerprint density at radius 2 is 1.16 bits per heavy atom. The van der Waals surface area contributed by atoms with Gasteiger partial charge in [-0.05, 0) is 78.1 Å². The van der Waals surface area contributed by atoms with E-state index in [0.717, 1.165) is 18.4 Å². The molecule has 11 nitrogen and oxygen atoms in total. The van der Waals surface area contributed by atoms with Gasteiger partial charge in [-0.1, -0.05) is 84.4 Å². The number of amides is 2. The van der Waals surface area contributed by atoms with Crippen molar-refractivity contribution in [2.75, 3.05) is 6.26 Å². The standard InChI is InChI=1S/C44H36F6N4O7S/c1-24-20-26(22-28(21-24)37(29-13-7-8-15-33(29)62(3,59)60)54-42(58)32-17-19-35(44(48,49)50)52-40(32)56)23-61-38-25(2)10-9-14-30(38)36(27-11-5-4-6-12-27)53-41(57)31-16-18-34(43(45,46)47)51-39(31)55/h4-22,36-37H,23H2,1-3H3,(H,51,55)(H,52,56)(H,53,57)(H,54,58). The SMILES string of the molecule is Cc1cc(COc2c(C)cccc2C(NC(=O)c2ccc(C(F)(F)F)[nH]c2=O)c2ccccc2)cc(C(NC(=O)c2ccc(C(F)(F)F)[nH]c2=O)c2ccccc2S(C)(=O)=O)c1. The molecule has 2 atom stereocenters. The number of alkyl halides is 6. The van der Waals surface area contributed by atoms with E-state index in [1.54, 1.807) is 90.5 Å². The molecule has 0 aliphatic carbocycles. The first-order valence-corrected chi connectivity index (χ1v) is 20.4. The van der Waals surface area contributed by atoms with Gasteiger partial charge in [-0.15, -0.1) is 0 Å². The van der Waals surface area contributed by atoms with Gasteiger partial charge in [0.1, 0.15) is 34.9 Å². The molecule has 0 spiro atoms. The molecule has 0 saturated carbocycles. The summed E-state index contributed by atoms with van der Waals surface area (Å²) < 4.78 is 112. The number of H-pyrrole nitrogens is 2. The van der Waals surface area contributed by atoms with Gasteiger partial charge in [0.15, 0.2) is 9.84 Å². The third kappa shape index (κ3) is 10.1. The van der Waals surface area contributed by atoms with Crippen LogP contribution < -0.4 is 26.5 Å². The lowest BCUT2D eigenvalue weighted by molar-refractivity contribution is -0.142. The topological polar surface area (TPSA) is 167 Å². The van der Waals surface area contributed by atoms with Gasteiger partial charge in [0.05, 0.1) is 17.0 Å². The average molecular weight is 879 g/mol. The fraction of sp³-hybridized carbons (Fsp3) is 0.182. The number of hydrogen-bond donors (Lipinski definition) is 4. The fourth-order valence-electron chi connectivity index (χ4n) is 6.84. The first-order chi connectivity index (χ1) is 29.1. The maximum absolute atomic E-state index is 13.6. The summed E-state index contributed by atoms with van der Waals surface area (Å²) in [4.78, 5) is 55.8. The van der Waals surface area contributed by atoms with Crippen LogP contribution in [0.5, 0.6) is 5.75 Å². The van der Waals surface area contributed by atoms with Crippen molar-refractivity contribution in [1.29, 1.82) is 0 Å². The molecule has 2 aromatic heterocycles. The highest BCUT2D eigenvalue weighted by atomic mass is 32.2. The average Bonchev–Trinajstić information content (AvgIpc) is 3.20. The lowest BCUT2D eigenvalue weighted by Gasteiger charge is -2.25. The summed E-state index contributed by atoms with van der Waals surface area (Å²) >= 11 is 0. The van der Waals surface area contributed by atoms with Crippen LogP contribution in [0.3, 0.4) is 0 Å². The molecule has 4 aromatic carbocycles. The van der Waals surface area contributed by atoms with E-state index < -0.39 is 79.7 Å². The van der Waals surface area contributed by atoms with Crippen LogP contribution in [-0.2, 0) is 28.8 Å². The summed E-state index contributed by atoms with van der Waals surface area (Å²) in [7, 11) is -3.92. The Morgan fingerprint density at radius 1 is 0.645 bits per heavy atom. The number of halogens is 6. The highest BCUT2D eigenvalue weighted by Crippen LogP contribution is 2.35. The molecule has 2 amide bonds. The molecule has 0 radical (unpaired) electrons. The summed E-state index contributed by atoms with van der Waals surface area (Å²) in [6.07, 6.45) is -8.78. The van der Waals surface area contributed by atoms with Crippen LogP contribution in [0.1, 0.15) is 83.1 Å². The Hall–Kier alpha value is -6.95. The number of rotatable bonds is 12. The molecule has 0 aliphatic rings. The number of ether oxygens (including phenoxy) is 1. The first-order valence-electron chi connectivity index (χ1n) is 18.5. The van der Waals surface area contributed by atoms with E-state index in [4.69, 9.17) is 4.74 Å². The molecular formula is C44H36F6N4O7S. The fourth-order valence-corrected chi connectivity index (χ4v) is 7.78. The number of para-hydroxylation sites is 1. The van der Waals surface area contributed by atoms with Crippen molar-refractivity contribution < 1.29 is 49.1 Å². The molecule has 322 valence electrons. The number of benzene rings is 4. The molecule has 0 aliphatic heterocycles. The Morgan fingerprint density at radius 3 is 1.69 bits per heavy atom. The minimum atomic E-state index is -4.89. The van der Waals surface area contributed by atoms with E-state index >= 15 is 0 Å². The Labute approximate surface area is 349 Å². The number of carbonyl (C=O) groups is 2. The molecule has 0 saturated heterocycles. The molecule has 2 heterocycles. The largest absolute Gasteiger partial charge is 0.488 e. The van der Waals surface area contributed by atoms with Gasteiger partial charge in [-0.25, -0.2) is 8.42 Å². The van der Waals surface area contributed by atoms with E-state index in [2.05, 4.69) is 10.6 Å². The maximum atomic E-state index is 13.6. The molecule has 2 unspecified atom stereocenters. The molecule has 6 rings (SSSR count). The molecular weight excluding hydrogens is 843 g/mol. The van der Waals surface area contributed by atoms with Crippen molar-refractivity contribution in [3.63, 3.8) is 0 Å². The maximum Gasteiger partial charge on any atom is 0.431 e. The van der Waals surface area contributed by atoms with Gasteiger partial charge in [0.2, 0.25) is 0 Å². The Balaban J connectivity index is 1.37. The van der Waals surface area contributed by atoms with Crippen LogP contribution in [0.2, 0.25) is 0 Å². The molecule has 18 heteroatoms. The normalized spacial score (nSPS) is 12.9. The second kappa shape index (κ2) is 17.6. The third-order valence-electron chi connectivity index (χ3n) is 9.66. The van der Waals surface area contributed by atoms with Crippen LogP contribution in [0, 0.1) is 13.8 Å². The third-order valence-corrected chi connectivity index (χ3v) is 10.8. The summed E-state index contributed by atoms with van der Waals surface area (Å²) in [6.45, 7) is 3.30. The van der Waals surface area contributed by atoms with E-state index in [1.165, 1.54) is 24.3 Å². The Kier molecular flexibility index (Phi) is 12.6. The van der Waals surface area contributed by atoms with Crippen molar-refractivity contribution in [3.05, 3.63) is 197 Å². The number of aryl methyl sites for hydroxylation is 2. The highest BCUT2D eigenvalue weighted by molar-refractivity contribution is 7.90. The lowest BCUT2D eigenvalue weighted by Crippen LogP contribution is -2.34. The predicted molar refractivity (Wildman–Crippen MR) is 215 cm³/mol. The quantitative estimate of drug-likeness (QED) is 0.0913. The van der Waals surface area contributed by atoms with Gasteiger partial charge in [0.25, 0.3) is 22.9 Å². The Bertz CT molecular complexity index is 2900. The van der Waals surface area contributed by atoms with Crippen LogP contribution >= 0.6 is 0 Å². The van der Waals surface area contributed by atoms with Crippen molar-refractivity contribution in [2.24, 2.45) is 0 Å². The van der Waals surface area contributed by atoms with E-state index in [-0.39, 0.29) is 17.1 Å². The van der Waals surface area contributed by atoms with Crippen LogP contribution in [-0.4, -0.2) is 36.5 Å². The zero-order valence-electron chi connectivity index (χ0n) is 32.9. The summed E-state index contributed by atoms with van der Waals surface area (Å²) in [5.41, 5.74) is -3.42. The molecule has 0 bridgehead atoms. The molecule has 6 aromatic rings. The van der Waals surface area contributed by atoms with Gasteiger partial charge < -0.3 is 25.3 Å². The van der Waals surface area contributed by atoms with Crippen LogP contribution in [0.25, 0.3) is 0 Å². The second-order valence-corrected chi connectivity index (χ2v) is 16.3. The van der Waals surface area contributed by atoms with Gasteiger partial charge in [-0.3, -0.25) is 19.2 Å². The smallest absolute Gasteiger partial charge is 0.431 e. The molecule has 62 heavy (non-hydrogen) atoms. The number of aromatic nitrogens is 2. The summed E-state index contributed by atoms with van der Waals surface area (Å²) in [5, 5.41) is 5.39. The zero-order chi connectivity index (χ0) is 45.1. The van der Waals surface area contributed by atoms with E-state index in [9.17, 15) is 53.9 Å². The van der Waals surface area contributed by atoms with E-state index in [1.807, 2.05) is 0 Å². The van der Waals surface area contributed by atoms with Gasteiger partial charge in [0, 0.05) is 11.8 Å². The van der Waals surface area contributed by atoms with Gasteiger partial charge in [-0.2, -0.15) is 26.3 Å². The zero-order valence-corrected chi connectivity index (χ0v) is 33.7. The predicted octanol–water partition coefficient (Wildman–Crippen LogP) is 7.74. The minimum Gasteiger partial charge on any atom is -0.488 e. The minimum absolute atomic E-state index is 0.0960.